The van der Waals surface area contributed by atoms with Gasteiger partial charge in [-0.3, -0.25) is 0 Å². The second-order valence-electron chi connectivity index (χ2n) is 4.36. The van der Waals surface area contributed by atoms with Crippen molar-refractivity contribution in [1.29, 1.82) is 0 Å². The third-order valence-corrected chi connectivity index (χ3v) is 3.72. The molecule has 0 radical (unpaired) electrons. The highest BCUT2D eigenvalue weighted by Crippen LogP contribution is 2.30. The lowest BCUT2D eigenvalue weighted by atomic mass is 10.2. The molecule has 118 valence electrons. The maximum Gasteiger partial charge on any atom is 0.174 e. The van der Waals surface area contributed by atoms with Crippen molar-refractivity contribution in [2.24, 2.45) is 10.9 Å². The lowest BCUT2D eigenvalue weighted by Crippen LogP contribution is -2.17. The molecule has 0 unspecified atom stereocenters. The van der Waals surface area contributed by atoms with Crippen LogP contribution in [0.1, 0.15) is 32.3 Å². The molecule has 6 heteroatoms. The number of hydrogen-bond acceptors (Lipinski definition) is 5. The Morgan fingerprint density at radius 2 is 2.10 bits per heavy atom. The van der Waals surface area contributed by atoms with E-state index in [1.54, 1.807) is 11.8 Å². The minimum absolute atomic E-state index is 0.0634. The zero-order chi connectivity index (χ0) is 15.5. The number of oxime groups is 1. The molecule has 21 heavy (non-hydrogen) atoms. The summed E-state index contributed by atoms with van der Waals surface area (Å²) in [5.74, 6) is 1.58. The van der Waals surface area contributed by atoms with Gasteiger partial charge in [-0.15, -0.1) is 11.8 Å². The molecule has 0 aliphatic heterocycles. The normalized spacial score (nSPS) is 11.6. The smallest absolute Gasteiger partial charge is 0.174 e. The predicted molar refractivity (Wildman–Crippen MR) is 86.6 cm³/mol. The molecule has 0 saturated heterocycles. The van der Waals surface area contributed by atoms with Gasteiger partial charge in [-0.05, 0) is 24.3 Å². The first kappa shape index (κ1) is 17.7. The quantitative estimate of drug-likeness (QED) is 0.173. The van der Waals surface area contributed by atoms with Crippen LogP contribution in [0.4, 0.5) is 0 Å². The zero-order valence-electron chi connectivity index (χ0n) is 12.7. The van der Waals surface area contributed by atoms with E-state index in [2.05, 4.69) is 19.0 Å². The Balaban J connectivity index is 2.70. The molecule has 0 spiro atoms. The van der Waals surface area contributed by atoms with Crippen molar-refractivity contribution in [3.63, 3.8) is 0 Å². The highest BCUT2D eigenvalue weighted by molar-refractivity contribution is 7.99. The molecule has 3 N–H and O–H groups in total. The summed E-state index contributed by atoms with van der Waals surface area (Å²) in [5, 5.41) is 12.0. The molecule has 1 aromatic rings. The fourth-order valence-corrected chi connectivity index (χ4v) is 2.60. The number of nitrogens with two attached hydrogens (primary N) is 1. The number of hydrogen-bond donors (Lipinski definition) is 2. The molecule has 0 aromatic heterocycles. The van der Waals surface area contributed by atoms with Gasteiger partial charge in [0.1, 0.15) is 12.4 Å². The first-order valence-corrected chi connectivity index (χ1v) is 8.17. The van der Waals surface area contributed by atoms with Gasteiger partial charge in [-0.25, -0.2) is 0 Å². The molecule has 0 saturated carbocycles. The standard InChI is InChI=1S/C15H24N2O3S/c1-3-5-9-19-10-11-20-12-7-6-8-13(21-4-2)14(12)15(16)17-18/h6-8,18H,3-5,9-11H2,1-2H3,(H2,16,17). The maximum absolute atomic E-state index is 8.95. The second-order valence-corrected chi connectivity index (χ2v) is 5.67. The summed E-state index contributed by atoms with van der Waals surface area (Å²) in [6, 6.07) is 5.66. The SMILES string of the molecule is CCCCOCCOc1cccc(SCC)c1/C(N)=N/O. The van der Waals surface area contributed by atoms with Gasteiger partial charge in [-0.2, -0.15) is 0 Å². The van der Waals surface area contributed by atoms with Crippen LogP contribution >= 0.6 is 11.8 Å². The number of ether oxygens (including phenoxy) is 2. The van der Waals surface area contributed by atoms with Crippen LogP contribution in [0, 0.1) is 0 Å². The second kappa shape index (κ2) is 10.3. The minimum atomic E-state index is 0.0634. The summed E-state index contributed by atoms with van der Waals surface area (Å²) in [6.07, 6.45) is 2.17. The van der Waals surface area contributed by atoms with Gasteiger partial charge in [-0.1, -0.05) is 31.5 Å². The fourth-order valence-electron chi connectivity index (χ4n) is 1.77. The summed E-state index contributed by atoms with van der Waals surface area (Å²) in [7, 11) is 0. The van der Waals surface area contributed by atoms with Crippen molar-refractivity contribution in [3.8, 4) is 5.75 Å². The Kier molecular flexibility index (Phi) is 8.69. The molecule has 0 aliphatic carbocycles. The average molecular weight is 312 g/mol. The highest BCUT2D eigenvalue weighted by Gasteiger charge is 2.14. The van der Waals surface area contributed by atoms with Gasteiger partial charge >= 0.3 is 0 Å². The van der Waals surface area contributed by atoms with Crippen molar-refractivity contribution in [2.45, 2.75) is 31.6 Å². The molecule has 0 amide bonds. The van der Waals surface area contributed by atoms with E-state index in [4.69, 9.17) is 20.4 Å². The van der Waals surface area contributed by atoms with Crippen LogP contribution in [0.2, 0.25) is 0 Å². The van der Waals surface area contributed by atoms with E-state index in [1.807, 2.05) is 18.2 Å². The molecular weight excluding hydrogens is 288 g/mol. The molecule has 0 bridgehead atoms. The van der Waals surface area contributed by atoms with Crippen LogP contribution in [0.15, 0.2) is 28.3 Å². The van der Waals surface area contributed by atoms with Gasteiger partial charge < -0.3 is 20.4 Å². The van der Waals surface area contributed by atoms with Gasteiger partial charge in [0.05, 0.1) is 12.2 Å². The van der Waals surface area contributed by atoms with E-state index < -0.39 is 0 Å². The summed E-state index contributed by atoms with van der Waals surface area (Å²) in [4.78, 5) is 0.942. The Hall–Kier alpha value is -1.40. The Bertz CT molecular complexity index is 453. The molecule has 1 aromatic carbocycles. The van der Waals surface area contributed by atoms with Crippen LogP contribution in [0.5, 0.6) is 5.75 Å². The molecule has 0 atom stereocenters. The number of benzene rings is 1. The van der Waals surface area contributed by atoms with Crippen molar-refractivity contribution < 1.29 is 14.7 Å². The van der Waals surface area contributed by atoms with Crippen LogP contribution in [0.25, 0.3) is 0 Å². The van der Waals surface area contributed by atoms with Gasteiger partial charge in [0, 0.05) is 11.5 Å². The summed E-state index contributed by atoms with van der Waals surface area (Å²) in [5.41, 5.74) is 6.41. The van der Waals surface area contributed by atoms with Crippen LogP contribution in [0.3, 0.4) is 0 Å². The third-order valence-electron chi connectivity index (χ3n) is 2.78. The fraction of sp³-hybridized carbons (Fsp3) is 0.533. The number of thioether (sulfide) groups is 1. The number of amidine groups is 1. The molecule has 0 aliphatic rings. The first-order chi connectivity index (χ1) is 10.2. The number of rotatable bonds is 10. The monoisotopic (exact) mass is 312 g/mol. The van der Waals surface area contributed by atoms with E-state index in [9.17, 15) is 0 Å². The highest BCUT2D eigenvalue weighted by atomic mass is 32.2. The summed E-state index contributed by atoms with van der Waals surface area (Å²) < 4.78 is 11.2. The topological polar surface area (TPSA) is 77.1 Å². The van der Waals surface area contributed by atoms with Crippen molar-refractivity contribution in [2.75, 3.05) is 25.6 Å². The van der Waals surface area contributed by atoms with Gasteiger partial charge in [0.15, 0.2) is 5.84 Å². The van der Waals surface area contributed by atoms with Crippen LogP contribution in [-0.2, 0) is 4.74 Å². The molecule has 0 fully saturated rings. The Labute approximate surface area is 130 Å². The van der Waals surface area contributed by atoms with Crippen molar-refractivity contribution >= 4 is 17.6 Å². The van der Waals surface area contributed by atoms with E-state index >= 15 is 0 Å². The van der Waals surface area contributed by atoms with Crippen LogP contribution < -0.4 is 10.5 Å². The van der Waals surface area contributed by atoms with Crippen LogP contribution in [-0.4, -0.2) is 36.6 Å². The zero-order valence-corrected chi connectivity index (χ0v) is 13.5. The molecular formula is C15H24N2O3S. The van der Waals surface area contributed by atoms with Crippen molar-refractivity contribution in [3.05, 3.63) is 23.8 Å². The molecule has 0 heterocycles. The number of nitrogens with zero attached hydrogens (tertiary/aromatic N) is 1. The summed E-state index contributed by atoms with van der Waals surface area (Å²) >= 11 is 1.63. The van der Waals surface area contributed by atoms with E-state index in [-0.39, 0.29) is 5.84 Å². The minimum Gasteiger partial charge on any atom is -0.490 e. The van der Waals surface area contributed by atoms with Crippen molar-refractivity contribution in [1.82, 2.24) is 0 Å². The maximum atomic E-state index is 8.95. The first-order valence-electron chi connectivity index (χ1n) is 7.18. The Morgan fingerprint density at radius 3 is 2.76 bits per heavy atom. The summed E-state index contributed by atoms with van der Waals surface area (Å²) in [6.45, 7) is 5.89. The van der Waals surface area contributed by atoms with E-state index in [0.29, 0.717) is 24.5 Å². The lowest BCUT2D eigenvalue weighted by Gasteiger charge is -2.14. The molecule has 5 nitrogen and oxygen atoms in total. The Morgan fingerprint density at radius 1 is 1.29 bits per heavy atom. The molecule has 1 rings (SSSR count). The lowest BCUT2D eigenvalue weighted by molar-refractivity contribution is 0.0979. The van der Waals surface area contributed by atoms with E-state index in [0.717, 1.165) is 30.1 Å². The average Bonchev–Trinajstić information content (AvgIpc) is 2.50. The van der Waals surface area contributed by atoms with Gasteiger partial charge in [0.25, 0.3) is 0 Å². The van der Waals surface area contributed by atoms with Gasteiger partial charge in [0.2, 0.25) is 0 Å². The third kappa shape index (κ3) is 5.85. The number of unbranched alkanes of at least 4 members (excludes halogenated alkanes) is 1. The predicted octanol–water partition coefficient (Wildman–Crippen LogP) is 3.09. The van der Waals surface area contributed by atoms with E-state index in [1.165, 1.54) is 0 Å². The largest absolute Gasteiger partial charge is 0.490 e.